The number of imidazole rings is 1. The molecule has 6 N–H and O–H groups in total. The summed E-state index contributed by atoms with van der Waals surface area (Å²) >= 11 is 0. The van der Waals surface area contributed by atoms with E-state index in [4.69, 9.17) is 22.3 Å². The molecule has 0 amide bonds. The van der Waals surface area contributed by atoms with Crippen molar-refractivity contribution in [2.24, 2.45) is 0 Å². The quantitative estimate of drug-likeness (QED) is 0.543. The molecule has 5 atom stereocenters. The predicted octanol–water partition coefficient (Wildman–Crippen LogP) is -0.963. The van der Waals surface area contributed by atoms with Crippen molar-refractivity contribution in [2.75, 3.05) is 24.7 Å². The SMILES string of the molecule is [2H]C(C)CO[C@@H]1[C@@H](CO)OC(n2cnc3c(N)nc(N)nc32)[C@@H]1O. The molecule has 1 aliphatic heterocycles. The van der Waals surface area contributed by atoms with Gasteiger partial charge >= 0.3 is 0 Å². The molecule has 2 aromatic heterocycles. The number of nitrogens with zero attached hydrogens (tertiary/aromatic N) is 4. The highest BCUT2D eigenvalue weighted by Crippen LogP contribution is 2.33. The van der Waals surface area contributed by atoms with Crippen molar-refractivity contribution in [1.82, 2.24) is 19.5 Å². The Morgan fingerprint density at radius 1 is 1.48 bits per heavy atom. The molecule has 0 bridgehead atoms. The average molecular weight is 325 g/mol. The van der Waals surface area contributed by atoms with E-state index in [1.165, 1.54) is 10.9 Å². The molecule has 1 aliphatic rings. The number of rotatable bonds is 5. The highest BCUT2D eigenvalue weighted by molar-refractivity contribution is 5.82. The maximum Gasteiger partial charge on any atom is 0.224 e. The molecule has 3 rings (SSSR count). The first kappa shape index (κ1) is 14.6. The molecule has 0 saturated carbocycles. The van der Waals surface area contributed by atoms with Crippen LogP contribution in [0.3, 0.4) is 0 Å². The van der Waals surface area contributed by atoms with Crippen LogP contribution in [-0.4, -0.2) is 61.3 Å². The number of fused-ring (bicyclic) bond motifs is 1. The molecule has 0 spiro atoms. The first-order valence-corrected chi connectivity index (χ1v) is 7.16. The number of aromatic nitrogens is 4. The molecule has 0 aromatic carbocycles. The van der Waals surface area contributed by atoms with E-state index in [9.17, 15) is 10.2 Å². The molecule has 3 heterocycles. The molecule has 126 valence electrons. The third-order valence-corrected chi connectivity index (χ3v) is 3.68. The van der Waals surface area contributed by atoms with Crippen LogP contribution >= 0.6 is 0 Å². The van der Waals surface area contributed by atoms with E-state index in [-0.39, 0.29) is 25.0 Å². The normalized spacial score (nSPS) is 29.8. The Kier molecular flexibility index (Phi) is 3.95. The number of nitrogen functional groups attached to an aromatic ring is 2. The van der Waals surface area contributed by atoms with Gasteiger partial charge in [0.25, 0.3) is 0 Å². The minimum atomic E-state index is -1.09. The van der Waals surface area contributed by atoms with Gasteiger partial charge in [-0.2, -0.15) is 9.97 Å². The van der Waals surface area contributed by atoms with Crippen LogP contribution in [-0.2, 0) is 9.47 Å². The van der Waals surface area contributed by atoms with E-state index in [1.807, 2.05) is 0 Å². The van der Waals surface area contributed by atoms with Gasteiger partial charge < -0.3 is 31.2 Å². The molecule has 0 aliphatic carbocycles. The molecule has 2 unspecified atom stereocenters. The van der Waals surface area contributed by atoms with Crippen molar-refractivity contribution in [3.05, 3.63) is 6.33 Å². The van der Waals surface area contributed by atoms with E-state index in [0.29, 0.717) is 11.2 Å². The zero-order valence-electron chi connectivity index (χ0n) is 13.5. The Balaban J connectivity index is 1.92. The molecule has 2 aromatic rings. The number of anilines is 2. The van der Waals surface area contributed by atoms with Crippen LogP contribution in [0.25, 0.3) is 11.2 Å². The van der Waals surface area contributed by atoms with Crippen LogP contribution in [0.2, 0.25) is 0 Å². The Labute approximate surface area is 133 Å². The summed E-state index contributed by atoms with van der Waals surface area (Å²) in [7, 11) is 0. The molecule has 1 saturated heterocycles. The maximum absolute atomic E-state index is 10.6. The number of ether oxygens (including phenoxy) is 2. The summed E-state index contributed by atoms with van der Waals surface area (Å²) in [5, 5.41) is 20.0. The predicted molar refractivity (Wildman–Crippen MR) is 81.2 cm³/mol. The van der Waals surface area contributed by atoms with E-state index in [0.717, 1.165) is 0 Å². The van der Waals surface area contributed by atoms with Gasteiger partial charge in [-0.3, -0.25) is 4.57 Å². The second-order valence-electron chi connectivity index (χ2n) is 5.24. The van der Waals surface area contributed by atoms with E-state index in [2.05, 4.69) is 15.0 Å². The van der Waals surface area contributed by atoms with Crippen LogP contribution in [0.4, 0.5) is 11.8 Å². The van der Waals surface area contributed by atoms with Crippen LogP contribution < -0.4 is 11.5 Å². The molecule has 10 nitrogen and oxygen atoms in total. The Morgan fingerprint density at radius 3 is 2.96 bits per heavy atom. The number of nitrogens with two attached hydrogens (primary N) is 2. The number of hydrogen-bond acceptors (Lipinski definition) is 9. The van der Waals surface area contributed by atoms with Gasteiger partial charge in [-0.25, -0.2) is 4.98 Å². The van der Waals surface area contributed by atoms with Gasteiger partial charge in [0.15, 0.2) is 17.7 Å². The van der Waals surface area contributed by atoms with Crippen LogP contribution in [0, 0.1) is 0 Å². The fraction of sp³-hybridized carbons (Fsp3) is 0.615. The van der Waals surface area contributed by atoms with Gasteiger partial charge in [0.1, 0.15) is 23.8 Å². The summed E-state index contributed by atoms with van der Waals surface area (Å²) in [5.41, 5.74) is 12.0. The van der Waals surface area contributed by atoms with Gasteiger partial charge in [-0.05, 0) is 6.40 Å². The van der Waals surface area contributed by atoms with Crippen LogP contribution in [0.5, 0.6) is 0 Å². The fourth-order valence-electron chi connectivity index (χ4n) is 2.65. The average Bonchev–Trinajstić information content (AvgIpc) is 3.06. The lowest BCUT2D eigenvalue weighted by atomic mass is 10.1. The lowest BCUT2D eigenvalue weighted by Crippen LogP contribution is -2.36. The zero-order valence-corrected chi connectivity index (χ0v) is 12.5. The summed E-state index contributed by atoms with van der Waals surface area (Å²) in [6.07, 6.45) is -2.54. The summed E-state index contributed by atoms with van der Waals surface area (Å²) in [6.45, 7) is 1.44. The maximum atomic E-state index is 10.6. The van der Waals surface area contributed by atoms with Crippen LogP contribution in [0.15, 0.2) is 6.33 Å². The lowest BCUT2D eigenvalue weighted by Gasteiger charge is -2.19. The van der Waals surface area contributed by atoms with Gasteiger partial charge in [0.2, 0.25) is 5.95 Å². The first-order valence-electron chi connectivity index (χ1n) is 7.73. The van der Waals surface area contributed by atoms with E-state index in [1.54, 1.807) is 6.92 Å². The Morgan fingerprint density at radius 2 is 2.26 bits per heavy atom. The first-order chi connectivity index (χ1) is 11.4. The zero-order chi connectivity index (χ0) is 17.4. The topological polar surface area (TPSA) is 155 Å². The monoisotopic (exact) mass is 325 g/mol. The van der Waals surface area contributed by atoms with Gasteiger partial charge in [0, 0.05) is 7.98 Å². The Hall–Kier alpha value is -2.01. The molecular formula is C13H20N6O4. The van der Waals surface area contributed by atoms with Gasteiger partial charge in [-0.1, -0.05) is 6.92 Å². The minimum Gasteiger partial charge on any atom is -0.394 e. The van der Waals surface area contributed by atoms with Crippen molar-refractivity contribution in [1.29, 1.82) is 0 Å². The summed E-state index contributed by atoms with van der Waals surface area (Å²) in [4.78, 5) is 12.0. The summed E-state index contributed by atoms with van der Waals surface area (Å²) < 4.78 is 20.2. The Bertz CT molecular complexity index is 726. The molecular weight excluding hydrogens is 304 g/mol. The number of aliphatic hydroxyl groups excluding tert-OH is 2. The van der Waals surface area contributed by atoms with E-state index >= 15 is 0 Å². The van der Waals surface area contributed by atoms with Gasteiger partial charge in [0.05, 0.1) is 12.9 Å². The van der Waals surface area contributed by atoms with Crippen molar-refractivity contribution in [2.45, 2.75) is 37.9 Å². The van der Waals surface area contributed by atoms with Crippen molar-refractivity contribution >= 4 is 22.9 Å². The minimum absolute atomic E-state index is 0.0243. The second kappa shape index (κ2) is 6.24. The number of hydrogen-bond donors (Lipinski definition) is 4. The highest BCUT2D eigenvalue weighted by atomic mass is 16.6. The third kappa shape index (κ3) is 2.70. The third-order valence-electron chi connectivity index (χ3n) is 3.68. The highest BCUT2D eigenvalue weighted by Gasteiger charge is 2.45. The lowest BCUT2D eigenvalue weighted by molar-refractivity contribution is -0.0603. The number of aliphatic hydroxyl groups is 2. The molecule has 1 fully saturated rings. The second-order valence-corrected chi connectivity index (χ2v) is 5.24. The molecule has 10 heteroatoms. The smallest absolute Gasteiger partial charge is 0.224 e. The summed E-state index contributed by atoms with van der Waals surface area (Å²) in [5.74, 6) is 0.0991. The van der Waals surface area contributed by atoms with Crippen molar-refractivity contribution in [3.63, 3.8) is 0 Å². The largest absolute Gasteiger partial charge is 0.394 e. The van der Waals surface area contributed by atoms with Crippen LogP contribution in [0.1, 0.15) is 20.9 Å². The molecule has 0 radical (unpaired) electrons. The van der Waals surface area contributed by atoms with Gasteiger partial charge in [-0.15, -0.1) is 0 Å². The molecule has 23 heavy (non-hydrogen) atoms. The van der Waals surface area contributed by atoms with Crippen molar-refractivity contribution < 1.29 is 21.1 Å². The standard InChI is InChI=1S/C13H20N6O4/c1-2-3-22-9-6(4-20)23-12(8(9)21)19-5-16-7-10(14)17-13(15)18-11(7)19/h5-6,8-9,12,20-21H,2-4H2,1H3,(H4,14,15,17,18)/t6-,8-,9-,12?/m1/s1/i2D/t2?,6-,8-,9-,12?. The van der Waals surface area contributed by atoms with Crippen molar-refractivity contribution in [3.8, 4) is 0 Å². The fourth-order valence-corrected chi connectivity index (χ4v) is 2.65. The van der Waals surface area contributed by atoms with E-state index < -0.39 is 30.9 Å². The summed E-state index contributed by atoms with van der Waals surface area (Å²) in [6, 6.07) is 0.